The van der Waals surface area contributed by atoms with E-state index in [9.17, 15) is 17.8 Å². The smallest absolute Gasteiger partial charge is 0.304 e. The van der Waals surface area contributed by atoms with E-state index in [0.717, 1.165) is 34.6 Å². The van der Waals surface area contributed by atoms with Crippen molar-refractivity contribution in [3.05, 3.63) is 46.3 Å². The number of carbonyl (C=O) groups is 1. The van der Waals surface area contributed by atoms with E-state index >= 15 is 0 Å². The summed E-state index contributed by atoms with van der Waals surface area (Å²) in [6, 6.07) is 8.27. The van der Waals surface area contributed by atoms with Gasteiger partial charge in [0.25, 0.3) is 5.91 Å². The van der Waals surface area contributed by atoms with Crippen molar-refractivity contribution in [1.29, 1.82) is 0 Å². The fourth-order valence-corrected chi connectivity index (χ4v) is 4.22. The van der Waals surface area contributed by atoms with Gasteiger partial charge in [-0.3, -0.25) is 9.35 Å². The molecule has 1 heterocycles. The summed E-state index contributed by atoms with van der Waals surface area (Å²) in [6.45, 7) is 2.25. The first-order chi connectivity index (χ1) is 11.8. The second kappa shape index (κ2) is 9.67. The highest BCUT2D eigenvalue weighted by atomic mass is 32.3. The molecule has 0 radical (unpaired) electrons. The Hall–Kier alpha value is -1.94. The lowest BCUT2D eigenvalue weighted by molar-refractivity contribution is 0.0951. The Labute approximate surface area is 157 Å². The van der Waals surface area contributed by atoms with Gasteiger partial charge in [-0.2, -0.15) is 8.42 Å². The highest BCUT2D eigenvalue weighted by molar-refractivity contribution is 7.88. The quantitative estimate of drug-likeness (QED) is 0.582. The highest BCUT2D eigenvalue weighted by Gasteiger charge is 2.18. The second-order valence-electron chi connectivity index (χ2n) is 5.51. The summed E-state index contributed by atoms with van der Waals surface area (Å²) in [7, 11) is -2.71. The minimum absolute atomic E-state index is 0. The Morgan fingerprint density at radius 2 is 2.04 bits per heavy atom. The molecule has 0 saturated heterocycles. The van der Waals surface area contributed by atoms with E-state index in [1.54, 1.807) is 24.3 Å². The van der Waals surface area contributed by atoms with E-state index in [1.807, 2.05) is 6.92 Å². The van der Waals surface area contributed by atoms with Crippen LogP contribution in [-0.2, 0) is 23.1 Å². The lowest BCUT2D eigenvalue weighted by Crippen LogP contribution is -2.22. The number of methoxy groups -OCH3 is 1. The number of nitrogens with one attached hydrogen (secondary N) is 1. The second-order valence-corrected chi connectivity index (χ2v) is 8.29. The molecule has 1 aromatic heterocycles. The molecule has 0 bridgehead atoms. The lowest BCUT2D eigenvalue weighted by Gasteiger charge is -2.07. The molecule has 1 amide bonds. The van der Waals surface area contributed by atoms with Crippen LogP contribution < -0.4 is 16.2 Å². The van der Waals surface area contributed by atoms with Gasteiger partial charge in [0.1, 0.15) is 9.96 Å². The van der Waals surface area contributed by atoms with Crippen LogP contribution in [0, 0.1) is 0 Å². The molecule has 0 spiro atoms. The molecule has 144 valence electrons. The molecule has 2 aromatic rings. The first-order valence-electron chi connectivity index (χ1n) is 7.86. The summed E-state index contributed by atoms with van der Waals surface area (Å²) in [4.78, 5) is 13.0. The van der Waals surface area contributed by atoms with Gasteiger partial charge in [-0.15, -0.1) is 11.3 Å². The maximum Gasteiger partial charge on any atom is 0.304 e. The number of hydrogen-bond acceptors (Lipinski definition) is 6. The Morgan fingerprint density at radius 1 is 1.31 bits per heavy atom. The fourth-order valence-electron chi connectivity index (χ4n) is 2.32. The molecular formula is C17H24N2O5S2. The average molecular weight is 401 g/mol. The molecule has 0 atom stereocenters. The molecule has 2 rings (SSSR count). The van der Waals surface area contributed by atoms with E-state index < -0.39 is 10.1 Å². The number of ether oxygens (including phenoxy) is 1. The van der Waals surface area contributed by atoms with Gasteiger partial charge in [0.2, 0.25) is 0 Å². The number of amides is 1. The van der Waals surface area contributed by atoms with Gasteiger partial charge in [-0.25, -0.2) is 0 Å². The van der Waals surface area contributed by atoms with Crippen LogP contribution in [0.5, 0.6) is 5.75 Å². The summed E-state index contributed by atoms with van der Waals surface area (Å²) in [6.07, 6.45) is 2.57. The Morgan fingerprint density at radius 3 is 2.65 bits per heavy atom. The number of thiophene rings is 1. The van der Waals surface area contributed by atoms with Crippen molar-refractivity contribution in [3.8, 4) is 5.75 Å². The van der Waals surface area contributed by atoms with Crippen LogP contribution in [0.4, 0.5) is 0 Å². The fraction of sp³-hybridized carbons (Fsp3) is 0.353. The van der Waals surface area contributed by atoms with E-state index in [4.69, 9.17) is 4.74 Å². The monoisotopic (exact) mass is 400 g/mol. The van der Waals surface area contributed by atoms with Crippen molar-refractivity contribution in [2.75, 3.05) is 7.11 Å². The van der Waals surface area contributed by atoms with Gasteiger partial charge >= 0.3 is 10.1 Å². The number of rotatable bonds is 8. The minimum atomic E-state index is -4.24. The summed E-state index contributed by atoms with van der Waals surface area (Å²) < 4.78 is 37.0. The third-order valence-corrected chi connectivity index (χ3v) is 6.15. The molecule has 9 heteroatoms. The van der Waals surface area contributed by atoms with Crippen molar-refractivity contribution in [2.24, 2.45) is 0 Å². The number of aryl methyl sites for hydroxylation is 1. The Balaban J connectivity index is 0.00000338. The molecule has 5 N–H and O–H groups in total. The Bertz CT molecular complexity index is 847. The van der Waals surface area contributed by atoms with E-state index in [1.165, 1.54) is 13.2 Å². The van der Waals surface area contributed by atoms with Crippen molar-refractivity contribution in [3.63, 3.8) is 0 Å². The summed E-state index contributed by atoms with van der Waals surface area (Å²) in [5.41, 5.74) is 1.30. The van der Waals surface area contributed by atoms with Gasteiger partial charge in [0.05, 0.1) is 13.7 Å². The van der Waals surface area contributed by atoms with Crippen LogP contribution in [0.3, 0.4) is 0 Å². The SMILES string of the molecule is CCCCc1cc(S(=O)(=O)O)sc1CNC(=O)c1cccc(OC)c1.N. The van der Waals surface area contributed by atoms with Gasteiger partial charge in [0, 0.05) is 10.4 Å². The van der Waals surface area contributed by atoms with Gasteiger partial charge in [-0.1, -0.05) is 19.4 Å². The standard InChI is InChI=1S/C17H21NO5S2.H3N/c1-3-4-6-12-10-16(25(20,21)22)24-15(12)11-18-17(19)13-7-5-8-14(9-13)23-2;/h5,7-10H,3-4,6,11H2,1-2H3,(H,18,19)(H,20,21,22);1H3. The van der Waals surface area contributed by atoms with Gasteiger partial charge < -0.3 is 16.2 Å². The van der Waals surface area contributed by atoms with Crippen molar-refractivity contribution < 1.29 is 22.5 Å². The summed E-state index contributed by atoms with van der Waals surface area (Å²) >= 11 is 0.984. The maximum absolute atomic E-state index is 12.3. The van der Waals surface area contributed by atoms with Crippen LogP contribution in [0.25, 0.3) is 0 Å². The third-order valence-electron chi connectivity index (χ3n) is 3.67. The van der Waals surface area contributed by atoms with Gasteiger partial charge in [0.15, 0.2) is 0 Å². The van der Waals surface area contributed by atoms with E-state index in [0.29, 0.717) is 17.7 Å². The highest BCUT2D eigenvalue weighted by Crippen LogP contribution is 2.28. The molecule has 0 saturated carbocycles. The van der Waals surface area contributed by atoms with Gasteiger partial charge in [-0.05, 0) is 42.7 Å². The molecule has 0 aliphatic rings. The zero-order valence-electron chi connectivity index (χ0n) is 14.8. The number of carbonyl (C=O) groups excluding carboxylic acids is 1. The lowest BCUT2D eigenvalue weighted by atomic mass is 10.1. The largest absolute Gasteiger partial charge is 0.497 e. The summed E-state index contributed by atoms with van der Waals surface area (Å²) in [5.74, 6) is 0.309. The Kier molecular flexibility index (Phi) is 8.22. The van der Waals surface area contributed by atoms with Crippen LogP contribution >= 0.6 is 11.3 Å². The third kappa shape index (κ3) is 5.80. The van der Waals surface area contributed by atoms with Crippen LogP contribution in [0.1, 0.15) is 40.6 Å². The van der Waals surface area contributed by atoms with Crippen molar-refractivity contribution in [2.45, 2.75) is 36.9 Å². The predicted molar refractivity (Wildman–Crippen MR) is 102 cm³/mol. The van der Waals surface area contributed by atoms with Crippen LogP contribution in [0.15, 0.2) is 34.5 Å². The molecular weight excluding hydrogens is 376 g/mol. The molecule has 0 unspecified atom stereocenters. The zero-order chi connectivity index (χ0) is 18.4. The molecule has 0 fully saturated rings. The molecule has 1 aromatic carbocycles. The average Bonchev–Trinajstić information content (AvgIpc) is 3.01. The normalized spacial score (nSPS) is 10.9. The maximum atomic E-state index is 12.3. The predicted octanol–water partition coefficient (Wildman–Crippen LogP) is 3.44. The first kappa shape index (κ1) is 22.1. The zero-order valence-corrected chi connectivity index (χ0v) is 16.5. The number of benzene rings is 1. The van der Waals surface area contributed by atoms with E-state index in [2.05, 4.69) is 5.32 Å². The minimum Gasteiger partial charge on any atom is -0.497 e. The van der Waals surface area contributed by atoms with Crippen LogP contribution in [0.2, 0.25) is 0 Å². The topological polar surface area (TPSA) is 128 Å². The first-order valence-corrected chi connectivity index (χ1v) is 10.1. The molecule has 26 heavy (non-hydrogen) atoms. The van der Waals surface area contributed by atoms with Crippen molar-refractivity contribution >= 4 is 27.4 Å². The molecule has 0 aliphatic heterocycles. The summed E-state index contributed by atoms with van der Waals surface area (Å²) in [5, 5.41) is 2.79. The number of hydrogen-bond donors (Lipinski definition) is 3. The van der Waals surface area contributed by atoms with Crippen LogP contribution in [-0.4, -0.2) is 26.0 Å². The molecule has 7 nitrogen and oxygen atoms in total. The molecule has 0 aliphatic carbocycles. The van der Waals surface area contributed by atoms with Crippen molar-refractivity contribution in [1.82, 2.24) is 11.5 Å². The number of unbranched alkanes of at least 4 members (excludes halogenated alkanes) is 1. The van der Waals surface area contributed by atoms with E-state index in [-0.39, 0.29) is 22.8 Å².